The minimum Gasteiger partial charge on any atom is -0.441 e. The predicted octanol–water partition coefficient (Wildman–Crippen LogP) is 8.46. The lowest BCUT2D eigenvalue weighted by Gasteiger charge is -1.79. The monoisotopic (exact) mass is 459 g/mol. The Morgan fingerprint density at radius 1 is 0.412 bits per heavy atom. The van der Waals surface area contributed by atoms with Crippen LogP contribution in [0.3, 0.4) is 0 Å². The van der Waals surface area contributed by atoms with Gasteiger partial charge in [-0.15, -0.1) is 0 Å². The minimum absolute atomic E-state index is 0.723. The van der Waals surface area contributed by atoms with E-state index >= 15 is 0 Å². The van der Waals surface area contributed by atoms with E-state index in [0.717, 1.165) is 51.0 Å². The molecule has 0 saturated heterocycles. The van der Waals surface area contributed by atoms with Crippen LogP contribution in [0, 0.1) is 20.8 Å². The molecule has 0 aliphatic heterocycles. The van der Waals surface area contributed by atoms with Crippen molar-refractivity contribution >= 4 is 33.3 Å². The van der Waals surface area contributed by atoms with Gasteiger partial charge in [0.1, 0.15) is 16.6 Å². The van der Waals surface area contributed by atoms with Crippen molar-refractivity contribution in [2.24, 2.45) is 0 Å². The Balaban J connectivity index is 0.000000168. The molecule has 6 nitrogen and oxygen atoms in total. The SMILES string of the molecule is CC.CC.Cc1nc2ccccc2o1.Cc1nc2ccccc2o1.Cc1nc2ccccc2o1. The minimum atomic E-state index is 0.723. The van der Waals surface area contributed by atoms with Gasteiger partial charge in [-0.25, -0.2) is 15.0 Å². The molecule has 6 aromatic rings. The molecule has 0 amide bonds. The second kappa shape index (κ2) is 13.6. The Bertz CT molecular complexity index is 1130. The number of aryl methyl sites for hydroxylation is 3. The van der Waals surface area contributed by atoms with Crippen molar-refractivity contribution in [3.63, 3.8) is 0 Å². The maximum absolute atomic E-state index is 5.26. The zero-order valence-corrected chi connectivity index (χ0v) is 21.0. The van der Waals surface area contributed by atoms with Crippen molar-refractivity contribution in [2.45, 2.75) is 48.5 Å². The molecule has 3 aromatic heterocycles. The molecule has 34 heavy (non-hydrogen) atoms. The molecule has 0 aliphatic rings. The summed E-state index contributed by atoms with van der Waals surface area (Å²) >= 11 is 0. The quantitative estimate of drug-likeness (QED) is 0.227. The largest absolute Gasteiger partial charge is 0.441 e. The summed E-state index contributed by atoms with van der Waals surface area (Å²) in [6, 6.07) is 23.2. The van der Waals surface area contributed by atoms with Gasteiger partial charge in [-0.1, -0.05) is 64.1 Å². The number of rotatable bonds is 0. The van der Waals surface area contributed by atoms with Crippen molar-refractivity contribution < 1.29 is 13.3 Å². The number of benzene rings is 3. The van der Waals surface area contributed by atoms with Crippen LogP contribution in [-0.2, 0) is 0 Å². The van der Waals surface area contributed by atoms with Gasteiger partial charge in [-0.3, -0.25) is 0 Å². The summed E-state index contributed by atoms with van der Waals surface area (Å²) in [7, 11) is 0. The van der Waals surface area contributed by atoms with E-state index in [0.29, 0.717) is 0 Å². The van der Waals surface area contributed by atoms with Crippen molar-refractivity contribution in [3.8, 4) is 0 Å². The molecule has 0 radical (unpaired) electrons. The van der Waals surface area contributed by atoms with Gasteiger partial charge in [-0.2, -0.15) is 0 Å². The van der Waals surface area contributed by atoms with E-state index in [1.165, 1.54) is 0 Å². The Hall–Kier alpha value is -3.93. The highest BCUT2D eigenvalue weighted by Gasteiger charge is 1.98. The van der Waals surface area contributed by atoms with E-state index in [-0.39, 0.29) is 0 Å². The average Bonchev–Trinajstić information content (AvgIpc) is 3.55. The standard InChI is InChI=1S/3C8H7NO.2C2H6/c3*1-6-9-7-4-2-3-5-8(7)10-6;2*1-2/h3*2-5H,1H3;2*1-2H3. The molecule has 6 rings (SSSR count). The van der Waals surface area contributed by atoms with Crippen molar-refractivity contribution in [3.05, 3.63) is 90.5 Å². The van der Waals surface area contributed by atoms with Gasteiger partial charge >= 0.3 is 0 Å². The maximum Gasteiger partial charge on any atom is 0.192 e. The molecule has 0 spiro atoms. The number of nitrogens with zero attached hydrogens (tertiary/aromatic N) is 3. The van der Waals surface area contributed by atoms with Gasteiger partial charge in [0.2, 0.25) is 0 Å². The number of para-hydroxylation sites is 6. The normalized spacial score (nSPS) is 9.62. The van der Waals surface area contributed by atoms with Gasteiger partial charge in [-0.05, 0) is 36.4 Å². The summed E-state index contributed by atoms with van der Waals surface area (Å²) < 4.78 is 15.8. The van der Waals surface area contributed by atoms with Gasteiger partial charge in [0.25, 0.3) is 0 Å². The third-order valence-corrected chi connectivity index (χ3v) is 4.20. The van der Waals surface area contributed by atoms with Crippen LogP contribution in [0.5, 0.6) is 0 Å². The zero-order valence-electron chi connectivity index (χ0n) is 21.0. The fourth-order valence-electron chi connectivity index (χ4n) is 2.96. The zero-order chi connectivity index (χ0) is 24.9. The van der Waals surface area contributed by atoms with Crippen LogP contribution in [0.25, 0.3) is 33.3 Å². The fraction of sp³-hybridized carbons (Fsp3) is 0.250. The summed E-state index contributed by atoms with van der Waals surface area (Å²) in [6.45, 7) is 13.5. The second-order valence-corrected chi connectivity index (χ2v) is 6.60. The highest BCUT2D eigenvalue weighted by molar-refractivity contribution is 5.73. The first-order chi connectivity index (χ1) is 16.6. The summed E-state index contributed by atoms with van der Waals surface area (Å²) in [4.78, 5) is 12.4. The summed E-state index contributed by atoms with van der Waals surface area (Å²) in [5, 5.41) is 0. The first-order valence-corrected chi connectivity index (χ1v) is 11.5. The number of aromatic nitrogens is 3. The summed E-state index contributed by atoms with van der Waals surface area (Å²) in [6.07, 6.45) is 0. The molecule has 0 saturated carbocycles. The Morgan fingerprint density at radius 2 is 0.647 bits per heavy atom. The lowest BCUT2D eigenvalue weighted by Crippen LogP contribution is -1.65. The Kier molecular flexibility index (Phi) is 10.5. The van der Waals surface area contributed by atoms with Crippen LogP contribution in [0.2, 0.25) is 0 Å². The second-order valence-electron chi connectivity index (χ2n) is 6.60. The maximum atomic E-state index is 5.26. The summed E-state index contributed by atoms with van der Waals surface area (Å²) in [5.41, 5.74) is 5.38. The van der Waals surface area contributed by atoms with Crippen molar-refractivity contribution in [1.29, 1.82) is 0 Å². The van der Waals surface area contributed by atoms with Crippen LogP contribution in [0.1, 0.15) is 45.4 Å². The predicted molar refractivity (Wildman–Crippen MR) is 139 cm³/mol. The summed E-state index contributed by atoms with van der Waals surface area (Å²) in [5.74, 6) is 2.17. The molecule has 178 valence electrons. The van der Waals surface area contributed by atoms with Crippen LogP contribution in [0.15, 0.2) is 86.0 Å². The Morgan fingerprint density at radius 3 is 0.882 bits per heavy atom. The number of oxazole rings is 3. The molecule has 6 heteroatoms. The van der Waals surface area contributed by atoms with Gasteiger partial charge in [0.05, 0.1) is 0 Å². The highest BCUT2D eigenvalue weighted by Crippen LogP contribution is 2.14. The molecule has 0 N–H and O–H groups in total. The molecule has 0 atom stereocenters. The van der Waals surface area contributed by atoms with Crippen LogP contribution >= 0.6 is 0 Å². The molecule has 3 aromatic carbocycles. The van der Waals surface area contributed by atoms with Gasteiger partial charge in [0.15, 0.2) is 34.4 Å². The topological polar surface area (TPSA) is 78.1 Å². The van der Waals surface area contributed by atoms with E-state index in [1.54, 1.807) is 0 Å². The third kappa shape index (κ3) is 7.30. The number of fused-ring (bicyclic) bond motifs is 3. The number of hydrogen-bond donors (Lipinski definition) is 0. The first kappa shape index (κ1) is 26.3. The highest BCUT2D eigenvalue weighted by atomic mass is 16.4. The van der Waals surface area contributed by atoms with Crippen molar-refractivity contribution in [1.82, 2.24) is 15.0 Å². The van der Waals surface area contributed by atoms with Gasteiger partial charge in [0, 0.05) is 20.8 Å². The lowest BCUT2D eigenvalue weighted by molar-refractivity contribution is 0.560. The molecule has 0 bridgehead atoms. The Labute approximate surface area is 200 Å². The first-order valence-electron chi connectivity index (χ1n) is 11.5. The smallest absolute Gasteiger partial charge is 0.192 e. The van der Waals surface area contributed by atoms with E-state index in [4.69, 9.17) is 13.3 Å². The van der Waals surface area contributed by atoms with Crippen LogP contribution < -0.4 is 0 Å². The molecule has 0 unspecified atom stereocenters. The third-order valence-electron chi connectivity index (χ3n) is 4.20. The lowest BCUT2D eigenvalue weighted by atomic mass is 10.3. The average molecular weight is 460 g/mol. The fourth-order valence-corrected chi connectivity index (χ4v) is 2.96. The molecule has 0 fully saturated rings. The van der Waals surface area contributed by atoms with Crippen LogP contribution in [0.4, 0.5) is 0 Å². The van der Waals surface area contributed by atoms with Crippen molar-refractivity contribution in [2.75, 3.05) is 0 Å². The van der Waals surface area contributed by atoms with E-state index < -0.39 is 0 Å². The molecule has 3 heterocycles. The number of hydrogen-bond acceptors (Lipinski definition) is 6. The van der Waals surface area contributed by atoms with Crippen LogP contribution in [-0.4, -0.2) is 15.0 Å². The van der Waals surface area contributed by atoms with E-state index in [2.05, 4.69) is 15.0 Å². The molecule has 0 aliphatic carbocycles. The van der Waals surface area contributed by atoms with Gasteiger partial charge < -0.3 is 13.3 Å². The van der Waals surface area contributed by atoms with E-state index in [9.17, 15) is 0 Å². The molecular formula is C28H33N3O3. The molecular weight excluding hydrogens is 426 g/mol. The van der Waals surface area contributed by atoms with E-state index in [1.807, 2.05) is 121 Å².